The lowest BCUT2D eigenvalue weighted by Gasteiger charge is -2.28. The molecule has 0 aromatic heterocycles. The monoisotopic (exact) mass is 1030 g/mol. The number of carbonyl (C=O) groups is 3. The number of ether oxygens (including phenoxy) is 2. The van der Waals surface area contributed by atoms with Gasteiger partial charge in [0.25, 0.3) is 7.82 Å². The summed E-state index contributed by atoms with van der Waals surface area (Å²) in [5.74, 6) is -2.31. The van der Waals surface area contributed by atoms with E-state index in [0.29, 0.717) is 17.4 Å². The second kappa shape index (κ2) is 46.5. The van der Waals surface area contributed by atoms with E-state index in [4.69, 9.17) is 29.4 Å². The molecular weight excluding hydrogens is 928 g/mol. The minimum atomic E-state index is -4.79. The summed E-state index contributed by atoms with van der Waals surface area (Å²) in [6, 6.07) is -1.20. The van der Waals surface area contributed by atoms with Gasteiger partial charge in [-0.25, -0.2) is 0 Å². The average Bonchev–Trinajstić information content (AvgIpc) is 3.30. The smallest absolute Gasteiger partial charge is 0.324 e. The van der Waals surface area contributed by atoms with Gasteiger partial charge in [-0.15, -0.1) is 11.8 Å². The number of likely N-dealkylation sites (N-methyl/N-ethyl adjacent to an activating group) is 1. The van der Waals surface area contributed by atoms with E-state index in [0.717, 1.165) is 32.1 Å². The van der Waals surface area contributed by atoms with Crippen molar-refractivity contribution in [2.45, 2.75) is 230 Å². The molecule has 0 saturated carbocycles. The number of hydrogen-bond acceptors (Lipinski definition) is 12. The molecule has 5 atom stereocenters. The van der Waals surface area contributed by atoms with Crippen LogP contribution < -0.4 is 10.6 Å². The number of quaternary nitrogens is 1. The number of rotatable bonds is 50. The molecule has 1 unspecified atom stereocenters. The van der Waals surface area contributed by atoms with E-state index in [-0.39, 0.29) is 38.0 Å². The van der Waals surface area contributed by atoms with Crippen molar-refractivity contribution in [3.05, 3.63) is 48.6 Å². The fraction of sp³-hybridized carbons (Fsp3) is 0.800. The molecule has 0 heterocycles. The van der Waals surface area contributed by atoms with E-state index < -0.39 is 62.4 Å². The van der Waals surface area contributed by atoms with Crippen LogP contribution in [-0.2, 0) is 37.5 Å². The van der Waals surface area contributed by atoms with Gasteiger partial charge in [-0.3, -0.25) is 18.9 Å². The zero-order valence-electron chi connectivity index (χ0n) is 44.6. The third kappa shape index (κ3) is 46.8. The van der Waals surface area contributed by atoms with Gasteiger partial charge < -0.3 is 43.8 Å². The molecular formula is C55H101N2O11PS. The van der Waals surface area contributed by atoms with Gasteiger partial charge in [0.1, 0.15) is 25.8 Å². The lowest BCUT2D eigenvalue weighted by Crippen LogP contribution is -2.40. The molecule has 0 rings (SSSR count). The van der Waals surface area contributed by atoms with Gasteiger partial charge in [0.2, 0.25) is 0 Å². The van der Waals surface area contributed by atoms with Crippen LogP contribution in [0.25, 0.3) is 0 Å². The molecule has 13 nitrogen and oxygen atoms in total. The SMILES string of the molecule is CCCCC/C=C\C\C=C/C=C/C=C/[C@@H](SC[C@H](N)C(=O)O[C@H](COC(=O)CCCCCCCCCCCCCCCCCCCCCCC)COP(=O)([O-])OCC[N+](C)(C)C)[C@@H](O)CCCC(=O)O. The second-order valence-corrected chi connectivity index (χ2v) is 22.4. The number of esters is 2. The lowest BCUT2D eigenvalue weighted by atomic mass is 10.0. The second-order valence-electron chi connectivity index (χ2n) is 19.8. The summed E-state index contributed by atoms with van der Waals surface area (Å²) in [4.78, 5) is 49.7. The minimum Gasteiger partial charge on any atom is -0.756 e. The van der Waals surface area contributed by atoms with Crippen molar-refractivity contribution >= 4 is 37.5 Å². The fourth-order valence-electron chi connectivity index (χ4n) is 7.43. The number of carboxylic acids is 1. The van der Waals surface area contributed by atoms with Crippen molar-refractivity contribution in [1.82, 2.24) is 0 Å². The minimum absolute atomic E-state index is 0.0130. The molecule has 4 N–H and O–H groups in total. The maximum absolute atomic E-state index is 13.3. The number of phosphoric ester groups is 1. The zero-order valence-corrected chi connectivity index (χ0v) is 46.3. The number of carboxylic acid groups (broad SMARTS) is 1. The Bertz CT molecular complexity index is 1450. The Labute approximate surface area is 430 Å². The predicted molar refractivity (Wildman–Crippen MR) is 288 cm³/mol. The Morgan fingerprint density at radius 1 is 0.671 bits per heavy atom. The number of aliphatic hydroxyl groups is 1. The van der Waals surface area contributed by atoms with Gasteiger partial charge in [0.05, 0.1) is 33.9 Å². The number of aliphatic hydroxyl groups excluding tert-OH is 1. The van der Waals surface area contributed by atoms with Crippen molar-refractivity contribution < 1.29 is 57.1 Å². The Hall–Kier alpha value is -2.29. The molecule has 0 aromatic carbocycles. The quantitative estimate of drug-likeness (QED) is 0.0130. The van der Waals surface area contributed by atoms with Crippen LogP contribution in [0.5, 0.6) is 0 Å². The van der Waals surface area contributed by atoms with E-state index in [9.17, 15) is 28.9 Å². The molecule has 0 aliphatic heterocycles. The number of nitrogens with two attached hydrogens (primary N) is 1. The highest BCUT2D eigenvalue weighted by Crippen LogP contribution is 2.38. The topological polar surface area (TPSA) is 195 Å². The number of phosphoric acid groups is 1. The summed E-state index contributed by atoms with van der Waals surface area (Å²) in [7, 11) is 0.871. The normalized spacial score (nSPS) is 15.0. The number of thioether (sulfide) groups is 1. The molecule has 0 fully saturated rings. The van der Waals surface area contributed by atoms with Crippen LogP contribution in [0.2, 0.25) is 0 Å². The first-order valence-corrected chi connectivity index (χ1v) is 29.8. The number of aliphatic carboxylic acids is 1. The predicted octanol–water partition coefficient (Wildman–Crippen LogP) is 12.5. The highest BCUT2D eigenvalue weighted by atomic mass is 32.2. The van der Waals surface area contributed by atoms with Crippen molar-refractivity contribution in [2.24, 2.45) is 5.73 Å². The summed E-state index contributed by atoms with van der Waals surface area (Å²) in [6.45, 7) is 3.65. The molecule has 0 aromatic rings. The highest BCUT2D eigenvalue weighted by molar-refractivity contribution is 8.00. The van der Waals surface area contributed by atoms with Crippen LogP contribution in [-0.4, -0.2) is 109 Å². The van der Waals surface area contributed by atoms with Gasteiger partial charge >= 0.3 is 17.9 Å². The Kier molecular flexibility index (Phi) is 45.0. The van der Waals surface area contributed by atoms with Gasteiger partial charge in [-0.2, -0.15) is 0 Å². The maximum Gasteiger partial charge on any atom is 0.324 e. The Morgan fingerprint density at radius 2 is 1.20 bits per heavy atom. The average molecular weight is 1030 g/mol. The maximum atomic E-state index is 13.3. The standard InChI is InChI=1S/C55H101N2O11PS/c1-6-8-10-12-14-16-18-20-21-22-23-24-25-26-27-28-30-32-34-36-38-43-54(61)65-46-49(47-67-69(63,64)66-45-44-57(3,4)5)68-55(62)50(56)48-70-52(51(58)40-39-42-53(59)60)41-37-35-33-31-29-19-17-15-13-11-9-7-2/h15,17,29,31,33,35,37,41,49-52,58H,6-14,16,18-28,30,32,34,36,38-40,42-48,56H2,1-5H3,(H-,59,60,63,64)/b17-15-,31-29-,35-33+,41-37+/t49-,50+,51+,52-/m1/s1. The summed E-state index contributed by atoms with van der Waals surface area (Å²) in [6.07, 6.45) is 46.1. The summed E-state index contributed by atoms with van der Waals surface area (Å²) in [5, 5.41) is 19.5. The van der Waals surface area contributed by atoms with E-state index in [1.165, 1.54) is 140 Å². The van der Waals surface area contributed by atoms with Crippen molar-refractivity contribution in [2.75, 3.05) is 53.3 Å². The van der Waals surface area contributed by atoms with Gasteiger partial charge in [-0.05, 0) is 38.5 Å². The molecule has 15 heteroatoms. The molecule has 0 bridgehead atoms. The summed E-state index contributed by atoms with van der Waals surface area (Å²) in [5.41, 5.74) is 6.26. The summed E-state index contributed by atoms with van der Waals surface area (Å²) >= 11 is 1.20. The van der Waals surface area contributed by atoms with Crippen molar-refractivity contribution in [3.63, 3.8) is 0 Å². The first-order chi connectivity index (χ1) is 33.6. The third-order valence-electron chi connectivity index (χ3n) is 11.9. The van der Waals surface area contributed by atoms with Crippen LogP contribution in [0.3, 0.4) is 0 Å². The molecule has 0 aliphatic carbocycles. The molecule has 0 amide bonds. The largest absolute Gasteiger partial charge is 0.756 e. The van der Waals surface area contributed by atoms with E-state index in [2.05, 4.69) is 26.0 Å². The van der Waals surface area contributed by atoms with Crippen molar-refractivity contribution in [1.29, 1.82) is 0 Å². The molecule has 0 saturated heterocycles. The van der Waals surface area contributed by atoms with Gasteiger partial charge in [-0.1, -0.05) is 204 Å². The summed E-state index contributed by atoms with van der Waals surface area (Å²) < 4.78 is 34.1. The van der Waals surface area contributed by atoms with Crippen LogP contribution in [0.15, 0.2) is 48.6 Å². The third-order valence-corrected chi connectivity index (χ3v) is 14.2. The van der Waals surface area contributed by atoms with Crippen LogP contribution in [0.1, 0.15) is 206 Å². The van der Waals surface area contributed by atoms with Crippen molar-refractivity contribution in [3.8, 4) is 0 Å². The van der Waals surface area contributed by atoms with E-state index in [1.807, 2.05) is 45.4 Å². The lowest BCUT2D eigenvalue weighted by molar-refractivity contribution is -0.870. The van der Waals surface area contributed by atoms with Crippen LogP contribution >= 0.6 is 19.6 Å². The van der Waals surface area contributed by atoms with Crippen LogP contribution in [0, 0.1) is 0 Å². The molecule has 408 valence electrons. The van der Waals surface area contributed by atoms with E-state index >= 15 is 0 Å². The molecule has 70 heavy (non-hydrogen) atoms. The number of carbonyl (C=O) groups excluding carboxylic acids is 2. The van der Waals surface area contributed by atoms with E-state index in [1.54, 1.807) is 12.2 Å². The first kappa shape index (κ1) is 67.7. The Morgan fingerprint density at radius 3 is 1.74 bits per heavy atom. The van der Waals surface area contributed by atoms with Crippen LogP contribution in [0.4, 0.5) is 0 Å². The first-order valence-electron chi connectivity index (χ1n) is 27.3. The fourth-order valence-corrected chi connectivity index (χ4v) is 9.29. The zero-order chi connectivity index (χ0) is 52.0. The number of nitrogens with zero attached hydrogens (tertiary/aromatic N) is 1. The molecule has 0 aliphatic rings. The molecule has 0 spiro atoms. The number of allylic oxidation sites excluding steroid dienone is 7. The number of hydrogen-bond donors (Lipinski definition) is 3. The van der Waals surface area contributed by atoms with Gasteiger partial charge in [0.15, 0.2) is 6.10 Å². The number of unbranched alkanes of at least 4 members (excludes halogenated alkanes) is 23. The molecule has 0 radical (unpaired) electrons. The van der Waals surface area contributed by atoms with Gasteiger partial charge in [0, 0.05) is 23.8 Å². The highest BCUT2D eigenvalue weighted by Gasteiger charge is 2.26. The Balaban J connectivity index is 4.98.